The second-order valence-corrected chi connectivity index (χ2v) is 8.31. The number of hydrogen-bond donors (Lipinski definition) is 1. The third-order valence-corrected chi connectivity index (χ3v) is 6.64. The van der Waals surface area contributed by atoms with Gasteiger partial charge in [0.05, 0.1) is 13.7 Å². The summed E-state index contributed by atoms with van der Waals surface area (Å²) in [5.41, 5.74) is 1.12. The van der Waals surface area contributed by atoms with Crippen LogP contribution in [-0.4, -0.2) is 58.9 Å². The van der Waals surface area contributed by atoms with Crippen LogP contribution in [0.1, 0.15) is 11.1 Å². The Bertz CT molecular complexity index is 924. The summed E-state index contributed by atoms with van der Waals surface area (Å²) in [7, 11) is 1.37. The zero-order chi connectivity index (χ0) is 20.3. The molecule has 1 aromatic heterocycles. The van der Waals surface area contributed by atoms with E-state index in [1.165, 1.54) is 11.7 Å². The average Bonchev–Trinajstić information content (AvgIpc) is 2.70. The Labute approximate surface area is 179 Å². The fourth-order valence-electron chi connectivity index (χ4n) is 3.15. The SMILES string of the molecule is COC(=O)N1CCN(Cc2ccn(Cc3ccc(Br)c(Br)c3)c(=O)c2O)CC1. The fourth-order valence-corrected chi connectivity index (χ4v) is 3.82. The molecule has 1 N–H and O–H groups in total. The summed E-state index contributed by atoms with van der Waals surface area (Å²) < 4.78 is 8.07. The molecule has 150 valence electrons. The number of piperazine rings is 1. The molecule has 1 aliphatic heterocycles. The first-order valence-electron chi connectivity index (χ1n) is 8.79. The average molecular weight is 515 g/mol. The van der Waals surface area contributed by atoms with Crippen LogP contribution in [-0.2, 0) is 17.8 Å². The third kappa shape index (κ3) is 4.76. The van der Waals surface area contributed by atoms with Gasteiger partial charge in [-0.05, 0) is 55.6 Å². The van der Waals surface area contributed by atoms with E-state index in [-0.39, 0.29) is 11.8 Å². The maximum atomic E-state index is 12.6. The van der Waals surface area contributed by atoms with Gasteiger partial charge in [-0.2, -0.15) is 0 Å². The maximum absolute atomic E-state index is 12.6. The summed E-state index contributed by atoms with van der Waals surface area (Å²) in [6.07, 6.45) is 1.38. The lowest BCUT2D eigenvalue weighted by atomic mass is 10.2. The van der Waals surface area contributed by atoms with E-state index < -0.39 is 5.56 Å². The van der Waals surface area contributed by atoms with Gasteiger partial charge in [0.25, 0.3) is 5.56 Å². The lowest BCUT2D eigenvalue weighted by Crippen LogP contribution is -2.48. The van der Waals surface area contributed by atoms with Crippen molar-refractivity contribution in [2.24, 2.45) is 0 Å². The van der Waals surface area contributed by atoms with Crippen LogP contribution in [0.2, 0.25) is 0 Å². The molecule has 3 rings (SSSR count). The van der Waals surface area contributed by atoms with Gasteiger partial charge in [-0.1, -0.05) is 6.07 Å². The number of carbonyl (C=O) groups excluding carboxylic acids is 1. The van der Waals surface area contributed by atoms with E-state index >= 15 is 0 Å². The lowest BCUT2D eigenvalue weighted by molar-refractivity contribution is 0.0885. The Kier molecular flexibility index (Phi) is 6.79. The van der Waals surface area contributed by atoms with Crippen molar-refractivity contribution in [2.45, 2.75) is 13.1 Å². The molecule has 1 aliphatic rings. The Balaban J connectivity index is 1.68. The predicted molar refractivity (Wildman–Crippen MR) is 113 cm³/mol. The Morgan fingerprint density at radius 1 is 1.11 bits per heavy atom. The molecule has 0 spiro atoms. The summed E-state index contributed by atoms with van der Waals surface area (Å²) in [5, 5.41) is 10.4. The monoisotopic (exact) mass is 513 g/mol. The van der Waals surface area contributed by atoms with Crippen molar-refractivity contribution in [1.82, 2.24) is 14.4 Å². The Hall–Kier alpha value is -1.84. The van der Waals surface area contributed by atoms with E-state index in [4.69, 9.17) is 4.74 Å². The molecule has 0 bridgehead atoms. The summed E-state index contributed by atoms with van der Waals surface area (Å²) in [6, 6.07) is 7.54. The highest BCUT2D eigenvalue weighted by Gasteiger charge is 2.22. The molecule has 1 saturated heterocycles. The highest BCUT2D eigenvalue weighted by atomic mass is 79.9. The van der Waals surface area contributed by atoms with Gasteiger partial charge < -0.3 is 19.3 Å². The van der Waals surface area contributed by atoms with E-state index in [0.717, 1.165) is 14.5 Å². The van der Waals surface area contributed by atoms with Crippen molar-refractivity contribution < 1.29 is 14.6 Å². The number of ether oxygens (including phenoxy) is 1. The number of hydrogen-bond acceptors (Lipinski definition) is 5. The van der Waals surface area contributed by atoms with E-state index in [1.54, 1.807) is 17.2 Å². The molecule has 0 atom stereocenters. The molecule has 0 unspecified atom stereocenters. The highest BCUT2D eigenvalue weighted by Crippen LogP contribution is 2.24. The standard InChI is InChI=1S/C19H21Br2N3O4/c1-28-19(27)23-8-6-22(7-9-23)12-14-4-5-24(18(26)17(14)25)11-13-2-3-15(20)16(21)10-13/h2-5,10,25H,6-9,11-12H2,1H3. The van der Waals surface area contributed by atoms with E-state index in [1.807, 2.05) is 18.2 Å². The van der Waals surface area contributed by atoms with Crippen molar-refractivity contribution in [2.75, 3.05) is 33.3 Å². The molecule has 9 heteroatoms. The Morgan fingerprint density at radius 3 is 2.46 bits per heavy atom. The molecular formula is C19H21Br2N3O4. The van der Waals surface area contributed by atoms with Gasteiger partial charge in [0.15, 0.2) is 5.75 Å². The first-order valence-corrected chi connectivity index (χ1v) is 10.4. The number of nitrogens with zero attached hydrogens (tertiary/aromatic N) is 3. The van der Waals surface area contributed by atoms with Crippen molar-refractivity contribution in [3.8, 4) is 5.75 Å². The van der Waals surface area contributed by atoms with Crippen LogP contribution in [0.5, 0.6) is 5.75 Å². The molecule has 28 heavy (non-hydrogen) atoms. The van der Waals surface area contributed by atoms with Crippen LogP contribution >= 0.6 is 31.9 Å². The van der Waals surface area contributed by atoms with Crippen molar-refractivity contribution in [3.05, 3.63) is 60.9 Å². The van der Waals surface area contributed by atoms with Crippen LogP contribution in [0.4, 0.5) is 4.79 Å². The topological polar surface area (TPSA) is 75.0 Å². The molecule has 0 aliphatic carbocycles. The number of aromatic nitrogens is 1. The molecule has 0 saturated carbocycles. The fraction of sp³-hybridized carbons (Fsp3) is 0.368. The second-order valence-electron chi connectivity index (χ2n) is 6.60. The van der Waals surface area contributed by atoms with E-state index in [9.17, 15) is 14.7 Å². The zero-order valence-corrected chi connectivity index (χ0v) is 18.6. The van der Waals surface area contributed by atoms with Gasteiger partial charge in [0.2, 0.25) is 0 Å². The van der Waals surface area contributed by atoms with E-state index in [0.29, 0.717) is 44.8 Å². The number of pyridine rings is 1. The number of amides is 1. The Morgan fingerprint density at radius 2 is 1.82 bits per heavy atom. The van der Waals surface area contributed by atoms with Crippen molar-refractivity contribution >= 4 is 38.0 Å². The van der Waals surface area contributed by atoms with Gasteiger partial charge in [-0.25, -0.2) is 4.79 Å². The molecular weight excluding hydrogens is 494 g/mol. The molecule has 2 aromatic rings. The summed E-state index contributed by atoms with van der Waals surface area (Å²) in [4.78, 5) is 27.9. The normalized spacial score (nSPS) is 14.9. The van der Waals surface area contributed by atoms with Gasteiger partial charge in [0, 0.05) is 53.4 Å². The minimum Gasteiger partial charge on any atom is -0.503 e. The summed E-state index contributed by atoms with van der Waals surface area (Å²) in [6.45, 7) is 3.26. The first-order chi connectivity index (χ1) is 13.4. The molecule has 7 nitrogen and oxygen atoms in total. The number of methoxy groups -OCH3 is 1. The summed E-state index contributed by atoms with van der Waals surface area (Å²) >= 11 is 6.88. The molecule has 1 fully saturated rings. The smallest absolute Gasteiger partial charge is 0.409 e. The van der Waals surface area contributed by atoms with Crippen LogP contribution in [0.3, 0.4) is 0 Å². The predicted octanol–water partition coefficient (Wildman–Crippen LogP) is 3.01. The van der Waals surface area contributed by atoms with Crippen molar-refractivity contribution in [1.29, 1.82) is 0 Å². The number of aromatic hydroxyl groups is 1. The van der Waals surface area contributed by atoms with E-state index in [2.05, 4.69) is 36.8 Å². The highest BCUT2D eigenvalue weighted by molar-refractivity contribution is 9.13. The molecule has 1 amide bonds. The minimum absolute atomic E-state index is 0.228. The molecule has 2 heterocycles. The second kappa shape index (κ2) is 9.11. The zero-order valence-electron chi connectivity index (χ0n) is 15.4. The van der Waals surface area contributed by atoms with Crippen LogP contribution in [0.15, 0.2) is 44.2 Å². The van der Waals surface area contributed by atoms with Gasteiger partial charge in [0.1, 0.15) is 0 Å². The third-order valence-electron chi connectivity index (χ3n) is 4.76. The minimum atomic E-state index is -0.412. The number of halogens is 2. The van der Waals surface area contributed by atoms with Gasteiger partial charge >= 0.3 is 6.09 Å². The van der Waals surface area contributed by atoms with Crippen LogP contribution in [0.25, 0.3) is 0 Å². The van der Waals surface area contributed by atoms with Crippen LogP contribution < -0.4 is 5.56 Å². The largest absolute Gasteiger partial charge is 0.503 e. The number of rotatable bonds is 4. The lowest BCUT2D eigenvalue weighted by Gasteiger charge is -2.33. The van der Waals surface area contributed by atoms with Crippen LogP contribution in [0, 0.1) is 0 Å². The number of carbonyl (C=O) groups is 1. The molecule has 0 radical (unpaired) electrons. The maximum Gasteiger partial charge on any atom is 0.409 e. The first kappa shape index (κ1) is 20.9. The molecule has 1 aromatic carbocycles. The number of benzene rings is 1. The van der Waals surface area contributed by atoms with Gasteiger partial charge in [-0.15, -0.1) is 0 Å². The summed E-state index contributed by atoms with van der Waals surface area (Å²) in [5.74, 6) is -0.228. The van der Waals surface area contributed by atoms with Crippen molar-refractivity contribution in [3.63, 3.8) is 0 Å². The van der Waals surface area contributed by atoms with Gasteiger partial charge in [-0.3, -0.25) is 9.69 Å². The quantitative estimate of drug-likeness (QED) is 0.678.